The fraction of sp³-hybridized carbons (Fsp3) is 0.265. The minimum absolute atomic E-state index is 0.0734. The van der Waals surface area contributed by atoms with Crippen LogP contribution in [0, 0.1) is 35.5 Å². The molecule has 4 bridgehead atoms. The lowest BCUT2D eigenvalue weighted by molar-refractivity contribution is -0.140. The Balaban J connectivity index is 1.25. The summed E-state index contributed by atoms with van der Waals surface area (Å²) in [5.74, 6) is -3.35. The summed E-state index contributed by atoms with van der Waals surface area (Å²) in [6.45, 7) is 0. The van der Waals surface area contributed by atoms with Crippen LogP contribution in [0.4, 0.5) is 5.69 Å². The van der Waals surface area contributed by atoms with Crippen LogP contribution in [-0.4, -0.2) is 34.9 Å². The predicted molar refractivity (Wildman–Crippen MR) is 149 cm³/mol. The highest BCUT2D eigenvalue weighted by atomic mass is 16.2. The standard InChI is InChI=1S/C34H25N3O4/c38-30-28-27-21-10-4-6-12-23(21)34(24-13-7-5-11-22(24)27,29(28)33(41)36(30)20-8-2-1-3-9-20)17-35-37-31(39)25-18-14-15-19(16-18)26(25)32(37)40/h1-15,17-19,25-29H,16H2/b35-17-/t18-,19-,25-,26+,27?,28-,29+,34?/m0/s1. The molecular weight excluding hydrogens is 514 g/mol. The van der Waals surface area contributed by atoms with E-state index in [1.165, 1.54) is 4.90 Å². The van der Waals surface area contributed by atoms with Gasteiger partial charge in [0.2, 0.25) is 11.8 Å². The van der Waals surface area contributed by atoms with Crippen LogP contribution in [0.25, 0.3) is 0 Å². The van der Waals surface area contributed by atoms with Crippen LogP contribution in [0.1, 0.15) is 34.6 Å². The van der Waals surface area contributed by atoms with Gasteiger partial charge in [0.1, 0.15) is 0 Å². The van der Waals surface area contributed by atoms with Crippen molar-refractivity contribution in [1.82, 2.24) is 5.01 Å². The number of hydrogen-bond acceptors (Lipinski definition) is 5. The Kier molecular flexibility index (Phi) is 4.37. The molecule has 1 saturated carbocycles. The molecule has 3 aromatic rings. The summed E-state index contributed by atoms with van der Waals surface area (Å²) in [4.78, 5) is 57.1. The maximum atomic E-state index is 14.4. The monoisotopic (exact) mass is 539 g/mol. The number of para-hydroxylation sites is 1. The summed E-state index contributed by atoms with van der Waals surface area (Å²) >= 11 is 0. The molecule has 2 aliphatic heterocycles. The lowest BCUT2D eigenvalue weighted by atomic mass is 9.47. The summed E-state index contributed by atoms with van der Waals surface area (Å²) in [7, 11) is 0. The first-order valence-electron chi connectivity index (χ1n) is 14.3. The first-order chi connectivity index (χ1) is 20.0. The first-order valence-corrected chi connectivity index (χ1v) is 14.3. The van der Waals surface area contributed by atoms with Gasteiger partial charge < -0.3 is 0 Å². The van der Waals surface area contributed by atoms with Crippen molar-refractivity contribution < 1.29 is 19.2 Å². The van der Waals surface area contributed by atoms with Crippen molar-refractivity contribution in [2.24, 2.45) is 40.6 Å². The van der Waals surface area contributed by atoms with E-state index in [-0.39, 0.29) is 53.2 Å². The normalized spacial score (nSPS) is 35.5. The van der Waals surface area contributed by atoms with E-state index in [1.807, 2.05) is 66.7 Å². The van der Waals surface area contributed by atoms with Crippen molar-refractivity contribution in [2.45, 2.75) is 17.8 Å². The molecule has 0 radical (unpaired) electrons. The number of rotatable bonds is 3. The Bertz CT molecular complexity index is 1700. The number of imide groups is 2. The Morgan fingerprint density at radius 1 is 0.659 bits per heavy atom. The number of anilines is 1. The summed E-state index contributed by atoms with van der Waals surface area (Å²) in [6.07, 6.45) is 6.60. The number of amides is 4. The molecule has 4 amide bonds. The number of carbonyl (C=O) groups excluding carboxylic acids is 4. The second-order valence-electron chi connectivity index (χ2n) is 12.1. The molecule has 7 aliphatic rings. The molecule has 3 aromatic carbocycles. The lowest BCUT2D eigenvalue weighted by Crippen LogP contribution is -2.55. The third-order valence-corrected chi connectivity index (χ3v) is 10.5. The Labute approximate surface area is 236 Å². The Hall–Kier alpha value is -4.65. The Morgan fingerprint density at radius 2 is 1.22 bits per heavy atom. The van der Waals surface area contributed by atoms with E-state index in [2.05, 4.69) is 17.3 Å². The van der Waals surface area contributed by atoms with Gasteiger partial charge in [0.25, 0.3) is 11.8 Å². The quantitative estimate of drug-likeness (QED) is 0.286. The fourth-order valence-electron chi connectivity index (χ4n) is 9.03. The van der Waals surface area contributed by atoms with Gasteiger partial charge in [0.05, 0.1) is 34.8 Å². The molecule has 7 nitrogen and oxygen atoms in total. The molecule has 0 unspecified atom stereocenters. The first kappa shape index (κ1) is 23.1. The molecule has 5 aliphatic carbocycles. The molecule has 10 rings (SSSR count). The number of benzene rings is 3. The second-order valence-corrected chi connectivity index (χ2v) is 12.1. The Morgan fingerprint density at radius 3 is 1.83 bits per heavy atom. The van der Waals surface area contributed by atoms with E-state index in [0.717, 1.165) is 33.7 Å². The minimum Gasteiger partial charge on any atom is -0.274 e. The highest BCUT2D eigenvalue weighted by Gasteiger charge is 2.68. The van der Waals surface area contributed by atoms with Gasteiger partial charge in [-0.15, -0.1) is 0 Å². The van der Waals surface area contributed by atoms with E-state index in [4.69, 9.17) is 0 Å². The molecule has 0 aromatic heterocycles. The SMILES string of the molecule is O=C1[C@@H]2[C@H](C(=O)N1/N=C\C13c4ccccc4C(c4ccccc41)[C@@H]1C(=O)N(c4ccccc4)C(=O)[C@@H]13)[C@H]1C=C[C@H]2C1. The number of allylic oxidation sites excluding steroid dienone is 2. The zero-order chi connectivity index (χ0) is 27.6. The van der Waals surface area contributed by atoms with Crippen molar-refractivity contribution in [3.63, 3.8) is 0 Å². The molecule has 6 atom stereocenters. The van der Waals surface area contributed by atoms with E-state index >= 15 is 0 Å². The van der Waals surface area contributed by atoms with Gasteiger partial charge in [-0.05, 0) is 52.6 Å². The second kappa shape index (κ2) is 7.75. The zero-order valence-corrected chi connectivity index (χ0v) is 22.0. The summed E-state index contributed by atoms with van der Waals surface area (Å²) in [5.41, 5.74) is 3.16. The van der Waals surface area contributed by atoms with Gasteiger partial charge in [0, 0.05) is 12.1 Å². The minimum atomic E-state index is -1.13. The molecule has 2 heterocycles. The number of carbonyl (C=O) groups is 4. The average Bonchev–Trinajstić information content (AvgIpc) is 3.75. The summed E-state index contributed by atoms with van der Waals surface area (Å²) in [5, 5.41) is 5.72. The van der Waals surface area contributed by atoms with Gasteiger partial charge in [0.15, 0.2) is 0 Å². The van der Waals surface area contributed by atoms with Crippen molar-refractivity contribution in [2.75, 3.05) is 4.90 Å². The van der Waals surface area contributed by atoms with Crippen LogP contribution < -0.4 is 4.90 Å². The number of nitrogens with zero attached hydrogens (tertiary/aromatic N) is 3. The van der Waals surface area contributed by atoms with Crippen LogP contribution in [0.2, 0.25) is 0 Å². The van der Waals surface area contributed by atoms with Gasteiger partial charge >= 0.3 is 0 Å². The molecule has 200 valence electrons. The van der Waals surface area contributed by atoms with Crippen LogP contribution in [0.5, 0.6) is 0 Å². The number of fused-ring (bicyclic) bond motifs is 5. The van der Waals surface area contributed by atoms with Crippen molar-refractivity contribution >= 4 is 35.5 Å². The highest BCUT2D eigenvalue weighted by Crippen LogP contribution is 2.64. The van der Waals surface area contributed by atoms with Crippen LogP contribution in [-0.2, 0) is 24.6 Å². The molecule has 41 heavy (non-hydrogen) atoms. The summed E-state index contributed by atoms with van der Waals surface area (Å²) in [6, 6.07) is 24.9. The predicted octanol–water partition coefficient (Wildman–Crippen LogP) is 4.03. The summed E-state index contributed by atoms with van der Waals surface area (Å²) < 4.78 is 0. The van der Waals surface area contributed by atoms with Gasteiger partial charge in [-0.3, -0.25) is 19.2 Å². The largest absolute Gasteiger partial charge is 0.274 e. The van der Waals surface area contributed by atoms with Crippen molar-refractivity contribution in [1.29, 1.82) is 0 Å². The maximum Gasteiger partial charge on any atom is 0.254 e. The van der Waals surface area contributed by atoms with Gasteiger partial charge in [-0.25, -0.2) is 4.90 Å². The van der Waals surface area contributed by atoms with Crippen LogP contribution in [0.3, 0.4) is 0 Å². The van der Waals surface area contributed by atoms with E-state index in [1.54, 1.807) is 18.3 Å². The fourth-order valence-corrected chi connectivity index (χ4v) is 9.03. The smallest absolute Gasteiger partial charge is 0.254 e. The topological polar surface area (TPSA) is 87.1 Å². The maximum absolute atomic E-state index is 14.4. The third kappa shape index (κ3) is 2.63. The third-order valence-electron chi connectivity index (χ3n) is 10.5. The van der Waals surface area contributed by atoms with E-state index in [0.29, 0.717) is 5.69 Å². The van der Waals surface area contributed by atoms with Gasteiger partial charge in [-0.1, -0.05) is 78.9 Å². The average molecular weight is 540 g/mol. The molecular formula is C34H25N3O4. The highest BCUT2D eigenvalue weighted by molar-refractivity contribution is 6.25. The van der Waals surface area contributed by atoms with E-state index < -0.39 is 17.3 Å². The molecule has 3 fully saturated rings. The van der Waals surface area contributed by atoms with Crippen molar-refractivity contribution in [3.05, 3.63) is 113 Å². The molecule has 0 N–H and O–H groups in total. The number of hydrazone groups is 1. The molecule has 2 saturated heterocycles. The lowest BCUT2D eigenvalue weighted by Gasteiger charge is -2.52. The van der Waals surface area contributed by atoms with Gasteiger partial charge in [-0.2, -0.15) is 10.1 Å². The zero-order valence-electron chi connectivity index (χ0n) is 22.0. The van der Waals surface area contributed by atoms with Crippen LogP contribution in [0.15, 0.2) is 96.1 Å². The molecule has 7 heteroatoms. The van der Waals surface area contributed by atoms with E-state index in [9.17, 15) is 19.2 Å². The van der Waals surface area contributed by atoms with Crippen molar-refractivity contribution in [3.8, 4) is 0 Å². The number of hydrogen-bond donors (Lipinski definition) is 0. The van der Waals surface area contributed by atoms with Crippen LogP contribution >= 0.6 is 0 Å². The molecule has 0 spiro atoms.